The molecule has 0 fully saturated rings. The van der Waals surface area contributed by atoms with Crippen molar-refractivity contribution in [1.82, 2.24) is 9.78 Å². The first-order chi connectivity index (χ1) is 12.6. The highest BCUT2D eigenvalue weighted by atomic mass is 16.5. The van der Waals surface area contributed by atoms with E-state index >= 15 is 0 Å². The average molecular weight is 350 g/mol. The van der Waals surface area contributed by atoms with Gasteiger partial charge in [-0.3, -0.25) is 4.68 Å². The van der Waals surface area contributed by atoms with Crippen molar-refractivity contribution in [2.45, 2.75) is 32.7 Å². The van der Waals surface area contributed by atoms with Gasteiger partial charge in [-0.1, -0.05) is 24.3 Å². The van der Waals surface area contributed by atoms with Gasteiger partial charge in [0.1, 0.15) is 11.5 Å². The van der Waals surface area contributed by atoms with Gasteiger partial charge in [0.2, 0.25) is 0 Å². The number of methoxy groups -OCH3 is 2. The number of benzene rings is 2. The molecule has 0 saturated carbocycles. The van der Waals surface area contributed by atoms with Crippen molar-refractivity contribution < 1.29 is 9.47 Å². The fourth-order valence-electron chi connectivity index (χ4n) is 2.93. The van der Waals surface area contributed by atoms with E-state index in [0.717, 1.165) is 30.0 Å². The van der Waals surface area contributed by atoms with Gasteiger partial charge in [0.15, 0.2) is 0 Å². The minimum Gasteiger partial charge on any atom is -0.497 e. The zero-order chi connectivity index (χ0) is 18.5. The van der Waals surface area contributed by atoms with Gasteiger partial charge >= 0.3 is 0 Å². The quantitative estimate of drug-likeness (QED) is 0.622. The molecule has 0 radical (unpaired) electrons. The van der Waals surface area contributed by atoms with E-state index < -0.39 is 0 Å². The Kier molecular flexibility index (Phi) is 5.61. The molecule has 0 bridgehead atoms. The molecule has 0 aliphatic rings. The smallest absolute Gasteiger partial charge is 0.118 e. The van der Waals surface area contributed by atoms with Gasteiger partial charge in [0.05, 0.1) is 19.9 Å². The maximum atomic E-state index is 5.25. The van der Waals surface area contributed by atoms with E-state index in [1.165, 1.54) is 16.7 Å². The molecule has 1 aromatic heterocycles. The summed E-state index contributed by atoms with van der Waals surface area (Å²) in [6.07, 6.45) is 3.85. The van der Waals surface area contributed by atoms with Crippen LogP contribution in [0.4, 0.5) is 0 Å². The van der Waals surface area contributed by atoms with E-state index in [4.69, 9.17) is 14.6 Å². The third-order valence-corrected chi connectivity index (χ3v) is 4.51. The molecule has 2 aromatic carbocycles. The van der Waals surface area contributed by atoms with Gasteiger partial charge in [-0.05, 0) is 54.8 Å². The lowest BCUT2D eigenvalue weighted by atomic mass is 10.0. The van der Waals surface area contributed by atoms with Crippen LogP contribution in [0.15, 0.2) is 54.7 Å². The molecule has 0 saturated heterocycles. The first-order valence-electron chi connectivity index (χ1n) is 8.92. The van der Waals surface area contributed by atoms with Gasteiger partial charge in [-0.2, -0.15) is 5.10 Å². The molecule has 4 heteroatoms. The topological polar surface area (TPSA) is 36.3 Å². The SMILES string of the molecule is COc1ccc(Cc2cn(C(C)C)nc2Cc2ccc(OC)cc2)cc1. The van der Waals surface area contributed by atoms with Crippen LogP contribution >= 0.6 is 0 Å². The van der Waals surface area contributed by atoms with Gasteiger partial charge < -0.3 is 9.47 Å². The van der Waals surface area contributed by atoms with Gasteiger partial charge in [-0.15, -0.1) is 0 Å². The Labute approximate surface area is 155 Å². The molecular weight excluding hydrogens is 324 g/mol. The van der Waals surface area contributed by atoms with Crippen LogP contribution in [0, 0.1) is 0 Å². The summed E-state index contributed by atoms with van der Waals surface area (Å²) in [4.78, 5) is 0. The van der Waals surface area contributed by atoms with E-state index in [0.29, 0.717) is 6.04 Å². The van der Waals surface area contributed by atoms with Crippen LogP contribution in [0.1, 0.15) is 42.3 Å². The summed E-state index contributed by atoms with van der Waals surface area (Å²) in [5.41, 5.74) is 4.88. The first-order valence-corrected chi connectivity index (χ1v) is 8.92. The van der Waals surface area contributed by atoms with Crippen LogP contribution in [0.3, 0.4) is 0 Å². The number of rotatable bonds is 7. The largest absolute Gasteiger partial charge is 0.497 e. The van der Waals surface area contributed by atoms with Gasteiger partial charge in [0, 0.05) is 25.1 Å². The Hall–Kier alpha value is -2.75. The molecular formula is C22H26N2O2. The second-order valence-corrected chi connectivity index (χ2v) is 6.72. The fourth-order valence-corrected chi connectivity index (χ4v) is 2.93. The molecule has 0 N–H and O–H groups in total. The number of hydrogen-bond acceptors (Lipinski definition) is 3. The van der Waals surface area contributed by atoms with Crippen LogP contribution in [0.25, 0.3) is 0 Å². The summed E-state index contributed by atoms with van der Waals surface area (Å²) >= 11 is 0. The second-order valence-electron chi connectivity index (χ2n) is 6.72. The van der Waals surface area contributed by atoms with E-state index in [1.807, 2.05) is 24.3 Å². The maximum Gasteiger partial charge on any atom is 0.118 e. The van der Waals surface area contributed by atoms with E-state index in [9.17, 15) is 0 Å². The molecule has 3 rings (SSSR count). The van der Waals surface area contributed by atoms with Crippen molar-refractivity contribution in [3.05, 3.63) is 77.1 Å². The van der Waals surface area contributed by atoms with Crippen LogP contribution in [0.2, 0.25) is 0 Å². The summed E-state index contributed by atoms with van der Waals surface area (Å²) < 4.78 is 12.5. The number of nitrogens with zero attached hydrogens (tertiary/aromatic N) is 2. The van der Waals surface area contributed by atoms with Gasteiger partial charge in [-0.25, -0.2) is 0 Å². The molecule has 136 valence electrons. The minimum absolute atomic E-state index is 0.342. The number of ether oxygens (including phenoxy) is 2. The summed E-state index contributed by atoms with van der Waals surface area (Å²) in [6, 6.07) is 16.8. The lowest BCUT2D eigenvalue weighted by molar-refractivity contribution is 0.414. The molecule has 3 aromatic rings. The maximum absolute atomic E-state index is 5.25. The number of aromatic nitrogens is 2. The zero-order valence-corrected chi connectivity index (χ0v) is 15.9. The molecule has 0 aliphatic heterocycles. The van der Waals surface area contributed by atoms with Crippen molar-refractivity contribution in [2.24, 2.45) is 0 Å². The van der Waals surface area contributed by atoms with Crippen molar-refractivity contribution >= 4 is 0 Å². The van der Waals surface area contributed by atoms with Crippen LogP contribution in [0.5, 0.6) is 11.5 Å². The molecule has 4 nitrogen and oxygen atoms in total. The predicted molar refractivity (Wildman–Crippen MR) is 104 cm³/mol. The normalized spacial score (nSPS) is 11.0. The Morgan fingerprint density at radius 3 is 1.77 bits per heavy atom. The van der Waals surface area contributed by atoms with Crippen molar-refractivity contribution in [3.8, 4) is 11.5 Å². The standard InChI is InChI=1S/C22H26N2O2/c1-16(2)24-15-19(13-17-5-9-20(25-3)10-6-17)22(23-24)14-18-7-11-21(26-4)12-8-18/h5-12,15-16H,13-14H2,1-4H3. The molecule has 1 heterocycles. The highest BCUT2D eigenvalue weighted by Gasteiger charge is 2.12. The van der Waals surface area contributed by atoms with Crippen LogP contribution in [-0.2, 0) is 12.8 Å². The Morgan fingerprint density at radius 1 is 0.808 bits per heavy atom. The molecule has 0 atom stereocenters. The minimum atomic E-state index is 0.342. The Bertz CT molecular complexity index is 767. The average Bonchev–Trinajstić information content (AvgIpc) is 3.06. The van der Waals surface area contributed by atoms with Crippen molar-refractivity contribution in [1.29, 1.82) is 0 Å². The fraction of sp³-hybridized carbons (Fsp3) is 0.318. The van der Waals surface area contributed by atoms with Gasteiger partial charge in [0.25, 0.3) is 0 Å². The van der Waals surface area contributed by atoms with Crippen LogP contribution < -0.4 is 9.47 Å². The summed E-state index contributed by atoms with van der Waals surface area (Å²) in [7, 11) is 3.38. The highest BCUT2D eigenvalue weighted by molar-refractivity contribution is 5.35. The third-order valence-electron chi connectivity index (χ3n) is 4.51. The predicted octanol–water partition coefficient (Wildman–Crippen LogP) is 4.66. The summed E-state index contributed by atoms with van der Waals surface area (Å²) in [5.74, 6) is 1.75. The zero-order valence-electron chi connectivity index (χ0n) is 15.9. The van der Waals surface area contributed by atoms with E-state index in [1.54, 1.807) is 14.2 Å². The van der Waals surface area contributed by atoms with Crippen molar-refractivity contribution in [3.63, 3.8) is 0 Å². The lowest BCUT2D eigenvalue weighted by Gasteiger charge is -2.06. The summed E-state index contributed by atoms with van der Waals surface area (Å²) in [5, 5.41) is 4.84. The third kappa shape index (κ3) is 4.26. The van der Waals surface area contributed by atoms with E-state index in [2.05, 4.69) is 49.0 Å². The summed E-state index contributed by atoms with van der Waals surface area (Å²) in [6.45, 7) is 4.31. The second kappa shape index (κ2) is 8.09. The van der Waals surface area contributed by atoms with Crippen LogP contribution in [-0.4, -0.2) is 24.0 Å². The lowest BCUT2D eigenvalue weighted by Crippen LogP contribution is -2.02. The Balaban J connectivity index is 1.85. The molecule has 0 aliphatic carbocycles. The monoisotopic (exact) mass is 350 g/mol. The Morgan fingerprint density at radius 2 is 1.31 bits per heavy atom. The highest BCUT2D eigenvalue weighted by Crippen LogP contribution is 2.21. The molecule has 26 heavy (non-hydrogen) atoms. The first kappa shape index (κ1) is 18.1. The molecule has 0 unspecified atom stereocenters. The molecule has 0 spiro atoms. The molecule has 0 amide bonds. The van der Waals surface area contributed by atoms with Crippen molar-refractivity contribution in [2.75, 3.05) is 14.2 Å². The number of hydrogen-bond donors (Lipinski definition) is 0. The van der Waals surface area contributed by atoms with E-state index in [-0.39, 0.29) is 0 Å².